The maximum absolute atomic E-state index is 13.3. The van der Waals surface area contributed by atoms with Crippen LogP contribution in [0.5, 0.6) is 0 Å². The summed E-state index contributed by atoms with van der Waals surface area (Å²) in [5.74, 6) is -3.62. The summed E-state index contributed by atoms with van der Waals surface area (Å²) in [5.41, 5.74) is -0.213. The quantitative estimate of drug-likeness (QED) is 0.759. The second-order valence-corrected chi connectivity index (χ2v) is 3.49. The van der Waals surface area contributed by atoms with Crippen LogP contribution in [0.15, 0.2) is 12.1 Å². The minimum atomic E-state index is -0.953. The summed E-state index contributed by atoms with van der Waals surface area (Å²) in [5, 5.41) is 2.47. The van der Waals surface area contributed by atoms with E-state index in [0.717, 1.165) is 0 Å². The fraction of sp³-hybridized carbons (Fsp3) is 0.300. The summed E-state index contributed by atoms with van der Waals surface area (Å²) in [6, 6.07) is 1.25. The summed E-state index contributed by atoms with van der Waals surface area (Å²) in [6.45, 7) is 0.193. The van der Waals surface area contributed by atoms with Crippen LogP contribution in [-0.4, -0.2) is 12.5 Å². The molecule has 1 fully saturated rings. The fourth-order valence-corrected chi connectivity index (χ4v) is 1.75. The minimum absolute atomic E-state index is 0.0411. The number of amides is 1. The average molecular weight is 215 g/mol. The van der Waals surface area contributed by atoms with Crippen molar-refractivity contribution in [3.8, 4) is 0 Å². The van der Waals surface area contributed by atoms with Crippen LogP contribution in [0.3, 0.4) is 0 Å². The molecule has 5 heteroatoms. The van der Waals surface area contributed by atoms with E-state index in [1.807, 2.05) is 0 Å². The molecule has 0 aromatic heterocycles. The van der Waals surface area contributed by atoms with E-state index in [1.165, 1.54) is 0 Å². The van der Waals surface area contributed by atoms with Crippen LogP contribution < -0.4 is 5.32 Å². The van der Waals surface area contributed by atoms with Crippen molar-refractivity contribution >= 4 is 5.91 Å². The number of hydrogen-bond acceptors (Lipinski definition) is 1. The van der Waals surface area contributed by atoms with E-state index in [2.05, 4.69) is 5.32 Å². The van der Waals surface area contributed by atoms with Crippen LogP contribution in [-0.2, 0) is 4.79 Å². The summed E-state index contributed by atoms with van der Waals surface area (Å²) in [6.07, 6.45) is 0.0411. The highest BCUT2D eigenvalue weighted by Crippen LogP contribution is 2.28. The van der Waals surface area contributed by atoms with Gasteiger partial charge in [0.15, 0.2) is 0 Å². The van der Waals surface area contributed by atoms with Gasteiger partial charge in [-0.05, 0) is 0 Å². The molecule has 1 aliphatic heterocycles. The molecule has 15 heavy (non-hydrogen) atoms. The Labute approximate surface area is 84.1 Å². The lowest BCUT2D eigenvalue weighted by molar-refractivity contribution is -0.119. The largest absolute Gasteiger partial charge is 0.355 e. The zero-order valence-electron chi connectivity index (χ0n) is 7.69. The van der Waals surface area contributed by atoms with E-state index >= 15 is 0 Å². The molecule has 0 spiro atoms. The van der Waals surface area contributed by atoms with Crippen molar-refractivity contribution in [3.05, 3.63) is 35.1 Å². The van der Waals surface area contributed by atoms with Gasteiger partial charge in [0.25, 0.3) is 0 Å². The van der Waals surface area contributed by atoms with Crippen molar-refractivity contribution in [3.63, 3.8) is 0 Å². The lowest BCUT2D eigenvalue weighted by atomic mass is 9.97. The standard InChI is InChI=1S/C10H8F3NO/c11-6-2-7(12)10(8(13)3-6)5-1-9(15)14-4-5/h2-3,5H,1,4H2,(H,14,15)/t5-/m0/s1. The van der Waals surface area contributed by atoms with Gasteiger partial charge in [-0.2, -0.15) is 0 Å². The number of halogens is 3. The Morgan fingerprint density at radius 3 is 2.27 bits per heavy atom. The first-order chi connectivity index (χ1) is 7.08. The van der Waals surface area contributed by atoms with Crippen LogP contribution in [0.4, 0.5) is 13.2 Å². The van der Waals surface area contributed by atoms with Crippen LogP contribution in [0.2, 0.25) is 0 Å². The van der Waals surface area contributed by atoms with E-state index in [4.69, 9.17) is 0 Å². The molecule has 0 saturated carbocycles. The number of hydrogen-bond donors (Lipinski definition) is 1. The topological polar surface area (TPSA) is 29.1 Å². The smallest absolute Gasteiger partial charge is 0.220 e. The van der Waals surface area contributed by atoms with Gasteiger partial charge in [-0.3, -0.25) is 4.79 Å². The van der Waals surface area contributed by atoms with Gasteiger partial charge in [-0.1, -0.05) is 0 Å². The van der Waals surface area contributed by atoms with E-state index in [1.54, 1.807) is 0 Å². The van der Waals surface area contributed by atoms with Gasteiger partial charge >= 0.3 is 0 Å². The maximum atomic E-state index is 13.3. The number of carbonyl (C=O) groups excluding carboxylic acids is 1. The Bertz CT molecular complexity index is 396. The first kappa shape index (κ1) is 10.0. The molecular weight excluding hydrogens is 207 g/mol. The van der Waals surface area contributed by atoms with E-state index in [0.29, 0.717) is 12.1 Å². The third-order valence-corrected chi connectivity index (χ3v) is 2.43. The molecular formula is C10H8F3NO. The van der Waals surface area contributed by atoms with Crippen molar-refractivity contribution in [2.45, 2.75) is 12.3 Å². The van der Waals surface area contributed by atoms with Gasteiger partial charge in [-0.15, -0.1) is 0 Å². The number of carbonyl (C=O) groups is 1. The lowest BCUT2D eigenvalue weighted by Crippen LogP contribution is -2.14. The van der Waals surface area contributed by atoms with E-state index in [-0.39, 0.29) is 24.4 Å². The zero-order chi connectivity index (χ0) is 11.0. The molecule has 80 valence electrons. The normalized spacial score (nSPS) is 20.5. The highest BCUT2D eigenvalue weighted by Gasteiger charge is 2.28. The first-order valence-electron chi connectivity index (χ1n) is 4.49. The van der Waals surface area contributed by atoms with Crippen molar-refractivity contribution in [1.82, 2.24) is 5.32 Å². The lowest BCUT2D eigenvalue weighted by Gasteiger charge is -2.10. The van der Waals surface area contributed by atoms with Crippen LogP contribution in [0.1, 0.15) is 17.9 Å². The Hall–Kier alpha value is -1.52. The molecule has 1 aliphatic rings. The molecule has 1 saturated heterocycles. The molecule has 1 aromatic carbocycles. The Morgan fingerprint density at radius 2 is 1.80 bits per heavy atom. The molecule has 0 unspecified atom stereocenters. The summed E-state index contributed by atoms with van der Waals surface area (Å²) in [4.78, 5) is 10.9. The average Bonchev–Trinajstić information content (AvgIpc) is 2.49. The number of benzene rings is 1. The summed E-state index contributed by atoms with van der Waals surface area (Å²) < 4.78 is 39.2. The van der Waals surface area contributed by atoms with Crippen LogP contribution in [0.25, 0.3) is 0 Å². The fourth-order valence-electron chi connectivity index (χ4n) is 1.75. The van der Waals surface area contributed by atoms with Gasteiger partial charge in [0.05, 0.1) is 0 Å². The maximum Gasteiger partial charge on any atom is 0.220 e. The Balaban J connectivity index is 2.39. The minimum Gasteiger partial charge on any atom is -0.355 e. The predicted molar refractivity (Wildman–Crippen MR) is 46.7 cm³/mol. The van der Waals surface area contributed by atoms with E-state index < -0.39 is 23.4 Å². The molecule has 1 heterocycles. The predicted octanol–water partition coefficient (Wildman–Crippen LogP) is 1.71. The summed E-state index contributed by atoms with van der Waals surface area (Å²) >= 11 is 0. The van der Waals surface area contributed by atoms with Crippen molar-refractivity contribution < 1.29 is 18.0 Å². The van der Waals surface area contributed by atoms with Crippen molar-refractivity contribution in [1.29, 1.82) is 0 Å². The zero-order valence-corrected chi connectivity index (χ0v) is 7.69. The molecule has 1 atom stereocenters. The molecule has 1 amide bonds. The SMILES string of the molecule is O=C1C[C@H](c2c(F)cc(F)cc2F)CN1. The van der Waals surface area contributed by atoms with Crippen molar-refractivity contribution in [2.24, 2.45) is 0 Å². The van der Waals surface area contributed by atoms with E-state index in [9.17, 15) is 18.0 Å². The van der Waals surface area contributed by atoms with Gasteiger partial charge < -0.3 is 5.32 Å². The second-order valence-electron chi connectivity index (χ2n) is 3.49. The van der Waals surface area contributed by atoms with Crippen LogP contribution >= 0.6 is 0 Å². The molecule has 2 rings (SSSR count). The number of rotatable bonds is 1. The first-order valence-corrected chi connectivity index (χ1v) is 4.49. The molecule has 1 N–H and O–H groups in total. The highest BCUT2D eigenvalue weighted by atomic mass is 19.1. The van der Waals surface area contributed by atoms with Crippen LogP contribution in [0, 0.1) is 17.5 Å². The third-order valence-electron chi connectivity index (χ3n) is 2.43. The Kier molecular flexibility index (Phi) is 2.38. The highest BCUT2D eigenvalue weighted by molar-refractivity contribution is 5.79. The van der Waals surface area contributed by atoms with Gasteiger partial charge in [0, 0.05) is 36.6 Å². The molecule has 2 nitrogen and oxygen atoms in total. The molecule has 0 aliphatic carbocycles. The third kappa shape index (κ3) is 1.82. The second kappa shape index (κ2) is 3.56. The van der Waals surface area contributed by atoms with Gasteiger partial charge in [0.1, 0.15) is 17.5 Å². The monoisotopic (exact) mass is 215 g/mol. The van der Waals surface area contributed by atoms with Gasteiger partial charge in [0.2, 0.25) is 5.91 Å². The Morgan fingerprint density at radius 1 is 1.20 bits per heavy atom. The van der Waals surface area contributed by atoms with Crippen molar-refractivity contribution in [2.75, 3.05) is 6.54 Å². The summed E-state index contributed by atoms with van der Waals surface area (Å²) in [7, 11) is 0. The van der Waals surface area contributed by atoms with Gasteiger partial charge in [-0.25, -0.2) is 13.2 Å². The molecule has 0 radical (unpaired) electrons. The molecule has 0 bridgehead atoms. The number of nitrogens with one attached hydrogen (secondary N) is 1. The molecule has 1 aromatic rings.